The minimum atomic E-state index is 0.638. The Labute approximate surface area is 244 Å². The van der Waals surface area contributed by atoms with E-state index in [0.717, 1.165) is 77.1 Å². The second kappa shape index (κ2) is 8.30. The van der Waals surface area contributed by atoms with Gasteiger partial charge in [-0.3, -0.25) is 4.57 Å². The van der Waals surface area contributed by atoms with Gasteiger partial charge in [-0.25, -0.2) is 9.97 Å². The molecule has 0 saturated carbocycles. The van der Waals surface area contributed by atoms with Gasteiger partial charge in [-0.1, -0.05) is 84.9 Å². The van der Waals surface area contributed by atoms with Crippen LogP contribution in [0.4, 0.5) is 0 Å². The molecule has 10 rings (SSSR count). The molecule has 0 saturated heterocycles. The zero-order valence-corrected chi connectivity index (χ0v) is 22.8. The predicted molar refractivity (Wildman–Crippen MR) is 174 cm³/mol. The van der Waals surface area contributed by atoms with Gasteiger partial charge < -0.3 is 8.83 Å². The molecule has 0 unspecified atom stereocenters. The fourth-order valence-electron chi connectivity index (χ4n) is 6.80. The van der Waals surface area contributed by atoms with Crippen LogP contribution in [0.1, 0.15) is 0 Å². The third kappa shape index (κ3) is 3.05. The van der Waals surface area contributed by atoms with Crippen LogP contribution in [0.2, 0.25) is 0 Å². The third-order valence-corrected chi connectivity index (χ3v) is 8.63. The normalized spacial score (nSPS) is 12.2. The van der Waals surface area contributed by atoms with Crippen LogP contribution in [-0.4, -0.2) is 14.5 Å². The Kier molecular flexibility index (Phi) is 4.39. The summed E-state index contributed by atoms with van der Waals surface area (Å²) in [7, 11) is 0. The van der Waals surface area contributed by atoms with Gasteiger partial charge in [-0.05, 0) is 42.5 Å². The van der Waals surface area contributed by atoms with Crippen molar-refractivity contribution in [3.05, 3.63) is 127 Å². The van der Waals surface area contributed by atoms with Crippen molar-refractivity contribution >= 4 is 76.6 Å². The van der Waals surface area contributed by atoms with Crippen LogP contribution < -0.4 is 0 Å². The molecule has 0 aliphatic heterocycles. The van der Waals surface area contributed by atoms with Crippen LogP contribution in [-0.2, 0) is 0 Å². The van der Waals surface area contributed by atoms with Gasteiger partial charge in [-0.15, -0.1) is 0 Å². The molecule has 0 aliphatic rings. The van der Waals surface area contributed by atoms with Crippen LogP contribution in [0.25, 0.3) is 93.8 Å². The summed E-state index contributed by atoms with van der Waals surface area (Å²) in [5.74, 6) is 0.638. The molecule has 0 radical (unpaired) electrons. The van der Waals surface area contributed by atoms with E-state index in [0.29, 0.717) is 5.95 Å². The van der Waals surface area contributed by atoms with Crippen molar-refractivity contribution in [2.75, 3.05) is 0 Å². The number of rotatable bonds is 2. The van der Waals surface area contributed by atoms with Crippen LogP contribution in [0.3, 0.4) is 0 Å². The maximum Gasteiger partial charge on any atom is 0.235 e. The third-order valence-electron chi connectivity index (χ3n) is 8.63. The van der Waals surface area contributed by atoms with Gasteiger partial charge in [-0.2, -0.15) is 0 Å². The summed E-state index contributed by atoms with van der Waals surface area (Å²) in [5.41, 5.74) is 8.21. The SMILES string of the molecule is c1ccc2c(-c3cccc4oc5c(ccc6oc7ccccc7c65)c34)nc(-n3c4ccccc4c4ccccc43)nc2c1. The van der Waals surface area contributed by atoms with Crippen molar-refractivity contribution in [1.29, 1.82) is 0 Å². The second-order valence-corrected chi connectivity index (χ2v) is 11.0. The summed E-state index contributed by atoms with van der Waals surface area (Å²) < 4.78 is 15.0. The van der Waals surface area contributed by atoms with Crippen LogP contribution >= 0.6 is 0 Å². The van der Waals surface area contributed by atoms with Gasteiger partial charge in [0.25, 0.3) is 0 Å². The lowest BCUT2D eigenvalue weighted by molar-refractivity contribution is 0.663. The molecule has 4 heterocycles. The highest BCUT2D eigenvalue weighted by Gasteiger charge is 2.21. The van der Waals surface area contributed by atoms with E-state index in [9.17, 15) is 0 Å². The highest BCUT2D eigenvalue weighted by molar-refractivity contribution is 6.24. The fourth-order valence-corrected chi connectivity index (χ4v) is 6.80. The number of furan rings is 2. The van der Waals surface area contributed by atoms with Gasteiger partial charge in [0.05, 0.1) is 27.6 Å². The Morgan fingerprint density at radius 3 is 1.91 bits per heavy atom. The zero-order chi connectivity index (χ0) is 28.1. The Balaban J connectivity index is 1.33. The number of hydrogen-bond acceptors (Lipinski definition) is 4. The minimum Gasteiger partial charge on any atom is -0.456 e. The zero-order valence-electron chi connectivity index (χ0n) is 22.8. The number of benzene rings is 6. The molecule has 5 heteroatoms. The summed E-state index contributed by atoms with van der Waals surface area (Å²) in [6.07, 6.45) is 0. The van der Waals surface area contributed by atoms with Crippen molar-refractivity contribution < 1.29 is 8.83 Å². The summed E-state index contributed by atoms with van der Waals surface area (Å²) in [6.45, 7) is 0. The summed E-state index contributed by atoms with van der Waals surface area (Å²) in [4.78, 5) is 10.5. The lowest BCUT2D eigenvalue weighted by Crippen LogP contribution is -2.03. The Bertz CT molecular complexity index is 2690. The van der Waals surface area contributed by atoms with Crippen molar-refractivity contribution in [3.8, 4) is 17.2 Å². The molecule has 5 nitrogen and oxygen atoms in total. The predicted octanol–water partition coefficient (Wildman–Crippen LogP) is 10.2. The standard InChI is InChI=1S/C38H21N3O2/c1-5-15-28-24(12-1)36(40-38(39-28)41-29-16-6-2-10-22(29)23-11-3-7-17-30(23)41)26-14-9-19-32-34(26)27-20-21-33-35(37(27)43-32)25-13-4-8-18-31(25)42-33/h1-21H. The lowest BCUT2D eigenvalue weighted by atomic mass is 9.99. The molecule has 0 N–H and O–H groups in total. The average Bonchev–Trinajstić information content (AvgIpc) is 3.73. The van der Waals surface area contributed by atoms with Crippen LogP contribution in [0.5, 0.6) is 0 Å². The summed E-state index contributed by atoms with van der Waals surface area (Å²) >= 11 is 0. The van der Waals surface area contributed by atoms with E-state index in [1.54, 1.807) is 0 Å². The second-order valence-electron chi connectivity index (χ2n) is 11.0. The average molecular weight is 552 g/mol. The molecule has 0 atom stereocenters. The molecule has 0 fully saturated rings. The minimum absolute atomic E-state index is 0.638. The maximum atomic E-state index is 6.62. The quantitative estimate of drug-likeness (QED) is 0.214. The Morgan fingerprint density at radius 2 is 1.09 bits per heavy atom. The van der Waals surface area contributed by atoms with Crippen LogP contribution in [0, 0.1) is 0 Å². The van der Waals surface area contributed by atoms with Gasteiger partial charge in [0.1, 0.15) is 22.3 Å². The number of nitrogens with zero attached hydrogens (tertiary/aromatic N) is 3. The number of aromatic nitrogens is 3. The van der Waals surface area contributed by atoms with E-state index < -0.39 is 0 Å². The van der Waals surface area contributed by atoms with Crippen molar-refractivity contribution in [2.45, 2.75) is 0 Å². The van der Waals surface area contributed by atoms with E-state index in [1.165, 1.54) is 10.8 Å². The van der Waals surface area contributed by atoms with Crippen molar-refractivity contribution in [2.24, 2.45) is 0 Å². The smallest absolute Gasteiger partial charge is 0.235 e. The first kappa shape index (κ1) is 22.7. The topological polar surface area (TPSA) is 57.0 Å². The summed E-state index contributed by atoms with van der Waals surface area (Å²) in [6, 6.07) is 43.6. The highest BCUT2D eigenvalue weighted by Crippen LogP contribution is 2.43. The first-order valence-corrected chi connectivity index (χ1v) is 14.3. The van der Waals surface area contributed by atoms with E-state index in [2.05, 4.69) is 83.4 Å². The molecule has 0 spiro atoms. The molecule has 0 aliphatic carbocycles. The van der Waals surface area contributed by atoms with E-state index in [1.807, 2.05) is 48.5 Å². The molecule has 200 valence electrons. The maximum absolute atomic E-state index is 6.62. The van der Waals surface area contributed by atoms with Crippen LogP contribution in [0.15, 0.2) is 136 Å². The highest BCUT2D eigenvalue weighted by atomic mass is 16.3. The molecular formula is C38H21N3O2. The molecule has 43 heavy (non-hydrogen) atoms. The van der Waals surface area contributed by atoms with Gasteiger partial charge in [0, 0.05) is 37.9 Å². The molecular weight excluding hydrogens is 530 g/mol. The summed E-state index contributed by atoms with van der Waals surface area (Å²) in [5, 5.41) is 7.45. The first-order chi connectivity index (χ1) is 21.3. The van der Waals surface area contributed by atoms with Crippen molar-refractivity contribution in [1.82, 2.24) is 14.5 Å². The lowest BCUT2D eigenvalue weighted by Gasteiger charge is -2.12. The van der Waals surface area contributed by atoms with Gasteiger partial charge >= 0.3 is 0 Å². The Morgan fingerprint density at radius 1 is 0.442 bits per heavy atom. The molecule has 10 aromatic rings. The van der Waals surface area contributed by atoms with Gasteiger partial charge in [0.15, 0.2) is 0 Å². The fraction of sp³-hybridized carbons (Fsp3) is 0. The molecule has 0 amide bonds. The number of hydrogen-bond donors (Lipinski definition) is 0. The first-order valence-electron chi connectivity index (χ1n) is 14.3. The largest absolute Gasteiger partial charge is 0.456 e. The van der Waals surface area contributed by atoms with E-state index in [4.69, 9.17) is 18.8 Å². The van der Waals surface area contributed by atoms with Crippen molar-refractivity contribution in [3.63, 3.8) is 0 Å². The van der Waals surface area contributed by atoms with E-state index >= 15 is 0 Å². The molecule has 6 aromatic carbocycles. The molecule has 4 aromatic heterocycles. The number of para-hydroxylation sites is 4. The van der Waals surface area contributed by atoms with Gasteiger partial charge in [0.2, 0.25) is 5.95 Å². The van der Waals surface area contributed by atoms with E-state index in [-0.39, 0.29) is 0 Å². The number of fused-ring (bicyclic) bond motifs is 11. The Hall–Kier alpha value is -5.94. The molecule has 0 bridgehead atoms. The monoisotopic (exact) mass is 551 g/mol.